The molecule has 23 heavy (non-hydrogen) atoms. The summed E-state index contributed by atoms with van der Waals surface area (Å²) >= 11 is 0. The van der Waals surface area contributed by atoms with Crippen molar-refractivity contribution in [2.75, 3.05) is 19.3 Å². The van der Waals surface area contributed by atoms with Crippen molar-refractivity contribution in [2.45, 2.75) is 30.2 Å². The van der Waals surface area contributed by atoms with Crippen molar-refractivity contribution in [3.8, 4) is 0 Å². The molecule has 2 aromatic rings. The molecule has 1 aliphatic heterocycles. The topological polar surface area (TPSA) is 55.2 Å². The second-order valence-electron chi connectivity index (χ2n) is 6.39. The Labute approximate surface area is 137 Å². The fourth-order valence-electron chi connectivity index (χ4n) is 3.28. The van der Waals surface area contributed by atoms with Crippen molar-refractivity contribution in [1.82, 2.24) is 14.5 Å². The third-order valence-electron chi connectivity index (χ3n) is 4.49. The molecule has 0 N–H and O–H groups in total. The van der Waals surface area contributed by atoms with Gasteiger partial charge in [-0.25, -0.2) is 13.4 Å². The molecule has 0 bridgehead atoms. The van der Waals surface area contributed by atoms with Crippen LogP contribution >= 0.6 is 0 Å². The van der Waals surface area contributed by atoms with Gasteiger partial charge in [0, 0.05) is 44.7 Å². The first-order valence-corrected chi connectivity index (χ1v) is 9.81. The van der Waals surface area contributed by atoms with Crippen LogP contribution in [0.3, 0.4) is 0 Å². The molecule has 1 aromatic carbocycles. The van der Waals surface area contributed by atoms with Crippen LogP contribution in [0, 0.1) is 0 Å². The van der Waals surface area contributed by atoms with Crippen molar-refractivity contribution in [3.63, 3.8) is 0 Å². The zero-order valence-electron chi connectivity index (χ0n) is 13.6. The second kappa shape index (κ2) is 6.45. The van der Waals surface area contributed by atoms with Gasteiger partial charge < -0.3 is 4.57 Å². The van der Waals surface area contributed by atoms with Crippen LogP contribution in [0.1, 0.15) is 30.1 Å². The molecule has 0 amide bonds. The molecule has 124 valence electrons. The highest BCUT2D eigenvalue weighted by Gasteiger charge is 2.24. The molecule has 1 aromatic heterocycles. The maximum Gasteiger partial charge on any atom is 0.175 e. The lowest BCUT2D eigenvalue weighted by Crippen LogP contribution is -2.34. The summed E-state index contributed by atoms with van der Waals surface area (Å²) in [4.78, 5) is 7.30. The van der Waals surface area contributed by atoms with Gasteiger partial charge in [-0.3, -0.25) is 4.90 Å². The third-order valence-corrected chi connectivity index (χ3v) is 5.62. The summed E-state index contributed by atoms with van der Waals surface area (Å²) in [5, 5.41) is 0. The van der Waals surface area contributed by atoms with Gasteiger partial charge in [0.15, 0.2) is 9.84 Å². The molecule has 3 rings (SSSR count). The minimum atomic E-state index is -3.12. The molecular weight excluding hydrogens is 310 g/mol. The molecule has 6 heteroatoms. The molecule has 5 nitrogen and oxygen atoms in total. The van der Waals surface area contributed by atoms with Crippen molar-refractivity contribution >= 4 is 9.84 Å². The summed E-state index contributed by atoms with van der Waals surface area (Å²) < 4.78 is 25.1. The summed E-state index contributed by atoms with van der Waals surface area (Å²) in [5.41, 5.74) is 1.15. The number of aromatic nitrogens is 2. The number of piperidine rings is 1. The van der Waals surface area contributed by atoms with E-state index in [9.17, 15) is 8.42 Å². The zero-order chi connectivity index (χ0) is 16.4. The van der Waals surface area contributed by atoms with Gasteiger partial charge >= 0.3 is 0 Å². The van der Waals surface area contributed by atoms with E-state index in [0.29, 0.717) is 10.8 Å². The summed E-state index contributed by atoms with van der Waals surface area (Å²) in [6.45, 7) is 2.93. The van der Waals surface area contributed by atoms with Crippen molar-refractivity contribution in [1.29, 1.82) is 0 Å². The van der Waals surface area contributed by atoms with E-state index in [-0.39, 0.29) is 0 Å². The maximum absolute atomic E-state index is 11.5. The normalized spacial score (nSPS) is 19.8. The average molecular weight is 333 g/mol. The van der Waals surface area contributed by atoms with E-state index in [4.69, 9.17) is 0 Å². The number of sulfone groups is 1. The van der Waals surface area contributed by atoms with E-state index >= 15 is 0 Å². The fraction of sp³-hybridized carbons (Fsp3) is 0.471. The van der Waals surface area contributed by atoms with Crippen LogP contribution in [0.25, 0.3) is 0 Å². The Bertz CT molecular complexity index is 765. The smallest absolute Gasteiger partial charge is 0.175 e. The predicted molar refractivity (Wildman–Crippen MR) is 90.0 cm³/mol. The maximum atomic E-state index is 11.5. The van der Waals surface area contributed by atoms with E-state index in [1.165, 1.54) is 19.1 Å². The highest BCUT2D eigenvalue weighted by molar-refractivity contribution is 7.90. The Morgan fingerprint density at radius 2 is 2.00 bits per heavy atom. The molecule has 0 saturated carbocycles. The van der Waals surface area contributed by atoms with Gasteiger partial charge in [-0.05, 0) is 37.1 Å². The number of rotatable bonds is 4. The van der Waals surface area contributed by atoms with E-state index in [2.05, 4.69) is 14.5 Å². The lowest BCUT2D eigenvalue weighted by Gasteiger charge is -2.32. The summed E-state index contributed by atoms with van der Waals surface area (Å²) in [6, 6.07) is 7.23. The summed E-state index contributed by atoms with van der Waals surface area (Å²) in [7, 11) is -1.07. The van der Waals surface area contributed by atoms with Gasteiger partial charge in [0.25, 0.3) is 0 Å². The molecule has 0 unspecified atom stereocenters. The van der Waals surface area contributed by atoms with Gasteiger partial charge in [0.2, 0.25) is 0 Å². The lowest BCUT2D eigenvalue weighted by molar-refractivity contribution is 0.195. The largest absolute Gasteiger partial charge is 0.338 e. The van der Waals surface area contributed by atoms with Crippen LogP contribution in [0.5, 0.6) is 0 Å². The van der Waals surface area contributed by atoms with Crippen LogP contribution in [0.4, 0.5) is 0 Å². The van der Waals surface area contributed by atoms with E-state index in [1.54, 1.807) is 12.1 Å². The van der Waals surface area contributed by atoms with E-state index < -0.39 is 9.84 Å². The number of hydrogen-bond acceptors (Lipinski definition) is 4. The number of aryl methyl sites for hydroxylation is 1. The number of likely N-dealkylation sites (tertiary alicyclic amines) is 1. The summed E-state index contributed by atoms with van der Waals surface area (Å²) in [6.07, 6.45) is 7.44. The molecular formula is C17H23N3O2S. The lowest BCUT2D eigenvalue weighted by atomic mass is 9.96. The number of nitrogens with zero attached hydrogens (tertiary/aromatic N) is 3. The Hall–Kier alpha value is -1.66. The molecule has 1 saturated heterocycles. The van der Waals surface area contributed by atoms with Crippen LogP contribution in [-0.4, -0.2) is 42.2 Å². The molecule has 2 heterocycles. The SMILES string of the molecule is Cn1ccnc1[C@H]1CCCN(Cc2ccc(S(C)(=O)=O)cc2)C1. The first-order valence-electron chi connectivity index (χ1n) is 7.92. The van der Waals surface area contributed by atoms with Crippen molar-refractivity contribution in [3.05, 3.63) is 48.0 Å². The zero-order valence-corrected chi connectivity index (χ0v) is 14.5. The van der Waals surface area contributed by atoms with E-state index in [0.717, 1.165) is 31.0 Å². The van der Waals surface area contributed by atoms with Gasteiger partial charge in [-0.2, -0.15) is 0 Å². The van der Waals surface area contributed by atoms with Crippen LogP contribution in [0.15, 0.2) is 41.6 Å². The monoisotopic (exact) mass is 333 g/mol. The highest BCUT2D eigenvalue weighted by Crippen LogP contribution is 2.26. The fourth-order valence-corrected chi connectivity index (χ4v) is 3.91. The molecule has 1 aliphatic rings. The van der Waals surface area contributed by atoms with Gasteiger partial charge in [0.05, 0.1) is 4.90 Å². The molecule has 0 aliphatic carbocycles. The number of hydrogen-bond donors (Lipinski definition) is 0. The Balaban J connectivity index is 1.67. The quantitative estimate of drug-likeness (QED) is 0.861. The Morgan fingerprint density at radius 3 is 2.61 bits per heavy atom. The second-order valence-corrected chi connectivity index (χ2v) is 8.40. The Morgan fingerprint density at radius 1 is 1.26 bits per heavy atom. The summed E-state index contributed by atoms with van der Waals surface area (Å²) in [5.74, 6) is 1.63. The van der Waals surface area contributed by atoms with Crippen molar-refractivity contribution in [2.24, 2.45) is 7.05 Å². The number of benzene rings is 1. The molecule has 1 fully saturated rings. The number of imidazole rings is 1. The molecule has 0 radical (unpaired) electrons. The van der Waals surface area contributed by atoms with Crippen LogP contribution < -0.4 is 0 Å². The first kappa shape index (κ1) is 16.2. The standard InChI is InChI=1S/C17H23N3O2S/c1-19-11-9-18-17(19)15-4-3-10-20(13-15)12-14-5-7-16(8-6-14)23(2,21)22/h5-9,11,15H,3-4,10,12-13H2,1-2H3/t15-/m0/s1. The minimum Gasteiger partial charge on any atom is -0.338 e. The van der Waals surface area contributed by atoms with Crippen LogP contribution in [0.2, 0.25) is 0 Å². The van der Waals surface area contributed by atoms with Crippen molar-refractivity contribution < 1.29 is 8.42 Å². The van der Waals surface area contributed by atoms with Gasteiger partial charge in [-0.15, -0.1) is 0 Å². The van der Waals surface area contributed by atoms with E-state index in [1.807, 2.05) is 31.6 Å². The van der Waals surface area contributed by atoms with Gasteiger partial charge in [0.1, 0.15) is 5.82 Å². The minimum absolute atomic E-state index is 0.380. The third kappa shape index (κ3) is 3.82. The average Bonchev–Trinajstić information content (AvgIpc) is 2.93. The predicted octanol–water partition coefficient (Wildman–Crippen LogP) is 2.20. The highest BCUT2D eigenvalue weighted by atomic mass is 32.2. The van der Waals surface area contributed by atoms with Crippen LogP contribution in [-0.2, 0) is 23.4 Å². The molecule has 0 spiro atoms. The first-order chi connectivity index (χ1) is 10.9. The molecule has 1 atom stereocenters. The Kier molecular flexibility index (Phi) is 4.55. The van der Waals surface area contributed by atoms with Gasteiger partial charge in [-0.1, -0.05) is 12.1 Å².